The van der Waals surface area contributed by atoms with Gasteiger partial charge in [-0.15, -0.1) is 0 Å². The molecule has 1 atom stereocenters. The van der Waals surface area contributed by atoms with Crippen LogP contribution >= 0.6 is 0 Å². The molecule has 0 heterocycles. The highest BCUT2D eigenvalue weighted by atomic mass is 14.8. The molecule has 1 aromatic carbocycles. The molecule has 0 bridgehead atoms. The van der Waals surface area contributed by atoms with Crippen LogP contribution in [0, 0.1) is 11.8 Å². The van der Waals surface area contributed by atoms with Gasteiger partial charge in [-0.1, -0.05) is 68.9 Å². The predicted molar refractivity (Wildman–Crippen MR) is 78.8 cm³/mol. The van der Waals surface area contributed by atoms with Crippen LogP contribution in [0.1, 0.15) is 44.1 Å². The van der Waals surface area contributed by atoms with Gasteiger partial charge in [-0.2, -0.15) is 0 Å². The normalized spacial score (nSPS) is 19.4. The minimum Gasteiger partial charge on any atom is -0.319 e. The number of hydrogen-bond acceptors (Lipinski definition) is 1. The number of rotatable bonds is 5. The van der Waals surface area contributed by atoms with E-state index in [4.69, 9.17) is 0 Å². The molecule has 2 rings (SSSR count). The Morgan fingerprint density at radius 1 is 1.06 bits per heavy atom. The SMILES string of the molecule is CNCC(Cc1ccccc1)C1CCCCCC1. The Labute approximate surface area is 112 Å². The molecule has 18 heavy (non-hydrogen) atoms. The zero-order valence-electron chi connectivity index (χ0n) is 11.7. The van der Waals surface area contributed by atoms with E-state index in [1.165, 1.54) is 57.1 Å². The molecule has 0 amide bonds. The highest BCUT2D eigenvalue weighted by Crippen LogP contribution is 2.30. The quantitative estimate of drug-likeness (QED) is 0.772. The molecule has 0 radical (unpaired) electrons. The van der Waals surface area contributed by atoms with Crippen LogP contribution in [-0.2, 0) is 6.42 Å². The molecule has 1 heteroatoms. The third-order valence-electron chi connectivity index (χ3n) is 4.37. The van der Waals surface area contributed by atoms with Gasteiger partial charge in [0.2, 0.25) is 0 Å². The minimum absolute atomic E-state index is 0.815. The molecule has 1 aromatic rings. The summed E-state index contributed by atoms with van der Waals surface area (Å²) in [5, 5.41) is 3.41. The molecule has 1 N–H and O–H groups in total. The highest BCUT2D eigenvalue weighted by molar-refractivity contribution is 5.15. The van der Waals surface area contributed by atoms with Crippen LogP contribution in [0.15, 0.2) is 30.3 Å². The van der Waals surface area contributed by atoms with Crippen LogP contribution in [0.5, 0.6) is 0 Å². The molecule has 0 aromatic heterocycles. The average Bonchev–Trinajstić information content (AvgIpc) is 2.68. The molecule has 0 aliphatic heterocycles. The van der Waals surface area contributed by atoms with E-state index in [-0.39, 0.29) is 0 Å². The maximum Gasteiger partial charge on any atom is -0.00177 e. The summed E-state index contributed by atoms with van der Waals surface area (Å²) in [5.41, 5.74) is 1.50. The van der Waals surface area contributed by atoms with Crippen molar-refractivity contribution in [1.82, 2.24) is 5.32 Å². The lowest BCUT2D eigenvalue weighted by Crippen LogP contribution is -2.27. The van der Waals surface area contributed by atoms with E-state index in [1.54, 1.807) is 0 Å². The summed E-state index contributed by atoms with van der Waals surface area (Å²) in [5.74, 6) is 1.75. The van der Waals surface area contributed by atoms with Crippen LogP contribution in [-0.4, -0.2) is 13.6 Å². The van der Waals surface area contributed by atoms with E-state index in [0.29, 0.717) is 0 Å². The summed E-state index contributed by atoms with van der Waals surface area (Å²) in [6, 6.07) is 11.0. The Bertz CT molecular complexity index is 312. The van der Waals surface area contributed by atoms with E-state index in [9.17, 15) is 0 Å². The van der Waals surface area contributed by atoms with Crippen molar-refractivity contribution in [3.63, 3.8) is 0 Å². The van der Waals surface area contributed by atoms with Crippen LogP contribution < -0.4 is 5.32 Å². The van der Waals surface area contributed by atoms with Crippen LogP contribution in [0.3, 0.4) is 0 Å². The Morgan fingerprint density at radius 2 is 1.72 bits per heavy atom. The summed E-state index contributed by atoms with van der Waals surface area (Å²) < 4.78 is 0. The molecule has 0 spiro atoms. The van der Waals surface area contributed by atoms with Crippen LogP contribution in [0.2, 0.25) is 0 Å². The molecule has 1 aliphatic rings. The summed E-state index contributed by atoms with van der Waals surface area (Å²) in [6.45, 7) is 1.17. The average molecular weight is 245 g/mol. The van der Waals surface area contributed by atoms with Crippen molar-refractivity contribution in [2.75, 3.05) is 13.6 Å². The van der Waals surface area contributed by atoms with Gasteiger partial charge in [-0.05, 0) is 37.4 Å². The van der Waals surface area contributed by atoms with Gasteiger partial charge >= 0.3 is 0 Å². The van der Waals surface area contributed by atoms with Gasteiger partial charge in [0.05, 0.1) is 0 Å². The lowest BCUT2D eigenvalue weighted by Gasteiger charge is -2.26. The fourth-order valence-electron chi connectivity index (χ4n) is 3.37. The summed E-state index contributed by atoms with van der Waals surface area (Å²) in [6.07, 6.45) is 9.92. The van der Waals surface area contributed by atoms with Crippen molar-refractivity contribution in [3.05, 3.63) is 35.9 Å². The summed E-state index contributed by atoms with van der Waals surface area (Å²) >= 11 is 0. The second kappa shape index (κ2) is 7.58. The maximum absolute atomic E-state index is 3.41. The number of hydrogen-bond donors (Lipinski definition) is 1. The van der Waals surface area contributed by atoms with E-state index in [0.717, 1.165) is 11.8 Å². The van der Waals surface area contributed by atoms with Gasteiger partial charge in [0, 0.05) is 0 Å². The topological polar surface area (TPSA) is 12.0 Å². The third kappa shape index (κ3) is 4.13. The first-order valence-electron chi connectivity index (χ1n) is 7.58. The second-order valence-electron chi connectivity index (χ2n) is 5.76. The molecule has 1 aliphatic carbocycles. The molecule has 1 unspecified atom stereocenters. The third-order valence-corrected chi connectivity index (χ3v) is 4.37. The van der Waals surface area contributed by atoms with Gasteiger partial charge in [-0.25, -0.2) is 0 Å². The lowest BCUT2D eigenvalue weighted by atomic mass is 9.82. The van der Waals surface area contributed by atoms with Gasteiger partial charge in [0.15, 0.2) is 0 Å². The Hall–Kier alpha value is -0.820. The smallest absolute Gasteiger partial charge is 0.00177 e. The molecule has 1 nitrogen and oxygen atoms in total. The largest absolute Gasteiger partial charge is 0.319 e. The molecular weight excluding hydrogens is 218 g/mol. The van der Waals surface area contributed by atoms with E-state index >= 15 is 0 Å². The van der Waals surface area contributed by atoms with Crippen LogP contribution in [0.25, 0.3) is 0 Å². The van der Waals surface area contributed by atoms with E-state index in [2.05, 4.69) is 42.7 Å². The standard InChI is InChI=1S/C17H27N/c1-18-14-17(13-15-9-5-4-6-10-15)16-11-7-2-3-8-12-16/h4-6,9-10,16-18H,2-3,7-8,11-14H2,1H3. The first-order valence-corrected chi connectivity index (χ1v) is 7.58. The van der Waals surface area contributed by atoms with Gasteiger partial charge in [0.1, 0.15) is 0 Å². The van der Waals surface area contributed by atoms with Crippen molar-refractivity contribution < 1.29 is 0 Å². The highest BCUT2D eigenvalue weighted by Gasteiger charge is 2.22. The minimum atomic E-state index is 0.815. The Kier molecular flexibility index (Phi) is 5.73. The second-order valence-corrected chi connectivity index (χ2v) is 5.76. The van der Waals surface area contributed by atoms with Crippen LogP contribution in [0.4, 0.5) is 0 Å². The molecule has 1 fully saturated rings. The van der Waals surface area contributed by atoms with Crippen molar-refractivity contribution >= 4 is 0 Å². The monoisotopic (exact) mass is 245 g/mol. The van der Waals surface area contributed by atoms with Crippen molar-refractivity contribution in [1.29, 1.82) is 0 Å². The number of benzene rings is 1. The van der Waals surface area contributed by atoms with Gasteiger partial charge in [-0.3, -0.25) is 0 Å². The Balaban J connectivity index is 1.97. The summed E-state index contributed by atoms with van der Waals surface area (Å²) in [4.78, 5) is 0. The molecule has 1 saturated carbocycles. The van der Waals surface area contributed by atoms with Crippen molar-refractivity contribution in [3.8, 4) is 0 Å². The molecule has 100 valence electrons. The first-order chi connectivity index (χ1) is 8.90. The van der Waals surface area contributed by atoms with Gasteiger partial charge in [0.25, 0.3) is 0 Å². The zero-order valence-corrected chi connectivity index (χ0v) is 11.7. The number of nitrogens with one attached hydrogen (secondary N) is 1. The lowest BCUT2D eigenvalue weighted by molar-refractivity contribution is 0.290. The molecule has 0 saturated heterocycles. The zero-order chi connectivity index (χ0) is 12.6. The van der Waals surface area contributed by atoms with Crippen molar-refractivity contribution in [2.24, 2.45) is 11.8 Å². The van der Waals surface area contributed by atoms with E-state index < -0.39 is 0 Å². The fourth-order valence-corrected chi connectivity index (χ4v) is 3.37. The Morgan fingerprint density at radius 3 is 2.33 bits per heavy atom. The maximum atomic E-state index is 3.41. The van der Waals surface area contributed by atoms with Crippen molar-refractivity contribution in [2.45, 2.75) is 44.9 Å². The van der Waals surface area contributed by atoms with E-state index in [1.807, 2.05) is 0 Å². The summed E-state index contributed by atoms with van der Waals surface area (Å²) in [7, 11) is 2.09. The fraction of sp³-hybridized carbons (Fsp3) is 0.647. The van der Waals surface area contributed by atoms with Gasteiger partial charge < -0.3 is 5.32 Å². The predicted octanol–water partition coefficient (Wildman–Crippen LogP) is 4.04. The first kappa shape index (κ1) is 13.6. The molecular formula is C17H27N.